The number of piperazine rings is 1. The second kappa shape index (κ2) is 20.6. The summed E-state index contributed by atoms with van der Waals surface area (Å²) < 4.78 is 95.2. The van der Waals surface area contributed by atoms with Gasteiger partial charge in [0.2, 0.25) is 0 Å². The number of benzene rings is 2. The number of carbonyl (C=O) groups excluding carboxylic acids is 1. The van der Waals surface area contributed by atoms with Crippen LogP contribution in [0.25, 0.3) is 0 Å². The number of ketones is 1. The van der Waals surface area contributed by atoms with Crippen LogP contribution in [0.1, 0.15) is 52.9 Å². The average Bonchev–Trinajstić information content (AvgIpc) is 3.30. The van der Waals surface area contributed by atoms with Crippen molar-refractivity contribution in [2.75, 3.05) is 45.8 Å². The van der Waals surface area contributed by atoms with E-state index in [2.05, 4.69) is 64.5 Å². The topological polar surface area (TPSA) is 147 Å². The summed E-state index contributed by atoms with van der Waals surface area (Å²) >= 11 is 0. The number of carboxylic acids is 3. The zero-order valence-corrected chi connectivity index (χ0v) is 27.2. The van der Waals surface area contributed by atoms with E-state index in [1.54, 1.807) is 0 Å². The average molecular weight is 748 g/mol. The van der Waals surface area contributed by atoms with Crippen molar-refractivity contribution in [3.8, 4) is 0 Å². The van der Waals surface area contributed by atoms with E-state index >= 15 is 0 Å². The normalized spacial score (nSPS) is 15.9. The predicted octanol–water partition coefficient (Wildman–Crippen LogP) is 5.62. The highest BCUT2D eigenvalue weighted by molar-refractivity contribution is 5.96. The number of alkyl halides is 9. The molecule has 0 amide bonds. The third kappa shape index (κ3) is 17.5. The highest BCUT2D eigenvalue weighted by atomic mass is 19.4. The molecule has 0 spiro atoms. The summed E-state index contributed by atoms with van der Waals surface area (Å²) in [4.78, 5) is 44.5. The number of carbonyl (C=O) groups is 4. The smallest absolute Gasteiger partial charge is 0.475 e. The molecule has 2 aromatic carbocycles. The Balaban J connectivity index is 0.000000505. The summed E-state index contributed by atoms with van der Waals surface area (Å²) in [5.41, 5.74) is 5.05. The Morgan fingerprint density at radius 2 is 1.16 bits per heavy atom. The Hall–Kier alpha value is -4.23. The number of carboxylic acid groups (broad SMARTS) is 3. The number of hydrogen-bond donors (Lipinski definition) is 4. The Morgan fingerprint density at radius 1 is 0.706 bits per heavy atom. The molecule has 0 aromatic heterocycles. The van der Waals surface area contributed by atoms with Crippen molar-refractivity contribution in [1.82, 2.24) is 15.1 Å². The molecule has 0 aliphatic carbocycles. The van der Waals surface area contributed by atoms with Crippen molar-refractivity contribution in [2.24, 2.45) is 0 Å². The van der Waals surface area contributed by atoms with Crippen LogP contribution in [0.4, 0.5) is 39.5 Å². The summed E-state index contributed by atoms with van der Waals surface area (Å²) in [6, 6.07) is 17.6. The molecule has 4 N–H and O–H groups in total. The maximum Gasteiger partial charge on any atom is 0.490 e. The van der Waals surface area contributed by atoms with E-state index in [4.69, 9.17) is 29.7 Å². The van der Waals surface area contributed by atoms with E-state index < -0.39 is 36.4 Å². The first kappa shape index (κ1) is 44.8. The van der Waals surface area contributed by atoms with Gasteiger partial charge in [-0.1, -0.05) is 42.5 Å². The minimum atomic E-state index is -5.08. The number of halogens is 9. The molecule has 1 saturated heterocycles. The molecule has 0 bridgehead atoms. The van der Waals surface area contributed by atoms with Crippen LogP contribution in [0.5, 0.6) is 0 Å². The number of nitrogens with one attached hydrogen (secondary N) is 1. The van der Waals surface area contributed by atoms with Gasteiger partial charge in [-0.3, -0.25) is 9.69 Å². The second-order valence-electron chi connectivity index (χ2n) is 11.1. The molecule has 2 heterocycles. The van der Waals surface area contributed by atoms with E-state index in [0.717, 1.165) is 70.6 Å². The molecule has 1 atom stereocenters. The van der Waals surface area contributed by atoms with Crippen molar-refractivity contribution in [3.63, 3.8) is 0 Å². The summed E-state index contributed by atoms with van der Waals surface area (Å²) in [5, 5.41) is 24.8. The van der Waals surface area contributed by atoms with Gasteiger partial charge in [-0.05, 0) is 68.6 Å². The van der Waals surface area contributed by atoms with Crippen molar-refractivity contribution in [2.45, 2.75) is 57.2 Å². The molecular weight excluding hydrogens is 709 g/mol. The monoisotopic (exact) mass is 747 g/mol. The highest BCUT2D eigenvalue weighted by Crippen LogP contribution is 2.22. The number of rotatable bonds is 7. The fourth-order valence-electron chi connectivity index (χ4n) is 4.77. The summed E-state index contributed by atoms with van der Waals surface area (Å²) in [7, 11) is 0. The Kier molecular flexibility index (Phi) is 18.1. The predicted molar refractivity (Wildman–Crippen MR) is 164 cm³/mol. The summed E-state index contributed by atoms with van der Waals surface area (Å²) in [5.74, 6) is -7.97. The minimum Gasteiger partial charge on any atom is -0.475 e. The summed E-state index contributed by atoms with van der Waals surface area (Å²) in [6.07, 6.45) is -11.6. The summed E-state index contributed by atoms with van der Waals surface area (Å²) in [6.45, 7) is 9.77. The van der Waals surface area contributed by atoms with Crippen LogP contribution in [0.15, 0.2) is 48.5 Å². The number of fused-ring (bicyclic) bond motifs is 1. The van der Waals surface area contributed by atoms with Gasteiger partial charge in [-0.15, -0.1) is 0 Å². The van der Waals surface area contributed by atoms with Gasteiger partial charge in [0.1, 0.15) is 0 Å². The van der Waals surface area contributed by atoms with Gasteiger partial charge in [0, 0.05) is 44.2 Å². The number of nitrogens with zero attached hydrogens (tertiary/aromatic N) is 2. The van der Waals surface area contributed by atoms with Gasteiger partial charge in [0.15, 0.2) is 5.78 Å². The quantitative estimate of drug-likeness (QED) is 0.208. The molecule has 2 aliphatic heterocycles. The minimum absolute atomic E-state index is 0.298. The third-order valence-electron chi connectivity index (χ3n) is 7.51. The zero-order chi connectivity index (χ0) is 39.0. The van der Waals surface area contributed by atoms with Gasteiger partial charge in [0.05, 0.1) is 0 Å². The first-order valence-electron chi connectivity index (χ1n) is 15.3. The van der Waals surface area contributed by atoms with Crippen LogP contribution in [0.2, 0.25) is 0 Å². The molecule has 2 aromatic rings. The van der Waals surface area contributed by atoms with Crippen LogP contribution in [-0.2, 0) is 27.2 Å². The van der Waals surface area contributed by atoms with E-state index in [1.165, 1.54) is 16.7 Å². The lowest BCUT2D eigenvalue weighted by atomic mass is 9.97. The van der Waals surface area contributed by atoms with Crippen molar-refractivity contribution in [1.29, 1.82) is 0 Å². The Bertz CT molecular complexity index is 1350. The number of aliphatic carboxylic acids is 3. The molecule has 4 rings (SSSR count). The van der Waals surface area contributed by atoms with E-state index in [0.29, 0.717) is 18.2 Å². The lowest BCUT2D eigenvalue weighted by molar-refractivity contribution is -0.193. The van der Waals surface area contributed by atoms with Gasteiger partial charge < -0.3 is 25.5 Å². The Labute approximate surface area is 286 Å². The lowest BCUT2D eigenvalue weighted by Crippen LogP contribution is -2.47. The van der Waals surface area contributed by atoms with Gasteiger partial charge in [0.25, 0.3) is 0 Å². The van der Waals surface area contributed by atoms with E-state index in [1.807, 2.05) is 6.07 Å². The third-order valence-corrected chi connectivity index (χ3v) is 7.51. The number of hydrogen-bond acceptors (Lipinski definition) is 7. The highest BCUT2D eigenvalue weighted by Gasteiger charge is 2.39. The van der Waals surface area contributed by atoms with Crippen molar-refractivity contribution in [3.05, 3.63) is 70.8 Å². The lowest BCUT2D eigenvalue weighted by Gasteiger charge is -2.38. The van der Waals surface area contributed by atoms with Gasteiger partial charge in [-0.25, -0.2) is 14.4 Å². The Morgan fingerprint density at radius 3 is 1.61 bits per heavy atom. The van der Waals surface area contributed by atoms with Crippen molar-refractivity contribution < 1.29 is 74.0 Å². The van der Waals surface area contributed by atoms with E-state index in [-0.39, 0.29) is 0 Å². The first-order valence-corrected chi connectivity index (χ1v) is 15.3. The maximum atomic E-state index is 12.7. The molecule has 286 valence electrons. The standard InChI is InChI=1S/C26H35N3O.3C2HF3O2/c1-21(22-6-3-2-4-7-22)29-18-16-28(17-19-29)15-5-8-26(30)25-10-9-23-11-13-27-14-12-24(23)20-25;3*3-2(4,5)1(6)7/h2-4,6-7,9-10,20-21,27H,5,8,11-19H2,1H3;3*(H,6,7). The zero-order valence-electron chi connectivity index (χ0n) is 27.2. The molecule has 2 aliphatic rings. The largest absolute Gasteiger partial charge is 0.490 e. The van der Waals surface area contributed by atoms with Crippen LogP contribution in [0.3, 0.4) is 0 Å². The molecular formula is C32H38F9N3O7. The molecule has 0 radical (unpaired) electrons. The van der Waals surface area contributed by atoms with Gasteiger partial charge in [-0.2, -0.15) is 39.5 Å². The van der Waals surface area contributed by atoms with Crippen LogP contribution in [-0.4, -0.2) is 113 Å². The fraction of sp³-hybridized carbons (Fsp3) is 0.500. The number of Topliss-reactive ketones (excluding diaryl/α,β-unsaturated/α-hetero) is 1. The first-order chi connectivity index (χ1) is 23.5. The second-order valence-corrected chi connectivity index (χ2v) is 11.1. The maximum absolute atomic E-state index is 12.7. The SMILES string of the molecule is CC(c1ccccc1)N1CCN(CCCC(=O)c2ccc3c(c2)CCNCC3)CC1.O=C(O)C(F)(F)F.O=C(O)C(F)(F)F.O=C(O)C(F)(F)F. The molecule has 19 heteroatoms. The molecule has 51 heavy (non-hydrogen) atoms. The van der Waals surface area contributed by atoms with Crippen LogP contribution < -0.4 is 5.32 Å². The molecule has 1 fully saturated rings. The molecule has 0 saturated carbocycles. The van der Waals surface area contributed by atoms with Crippen LogP contribution >= 0.6 is 0 Å². The van der Waals surface area contributed by atoms with Crippen LogP contribution in [0, 0.1) is 0 Å². The fourth-order valence-corrected chi connectivity index (χ4v) is 4.77. The molecule has 1 unspecified atom stereocenters. The van der Waals surface area contributed by atoms with Crippen molar-refractivity contribution >= 4 is 23.7 Å². The molecule has 10 nitrogen and oxygen atoms in total. The van der Waals surface area contributed by atoms with E-state index in [9.17, 15) is 44.3 Å². The van der Waals surface area contributed by atoms with Gasteiger partial charge >= 0.3 is 36.4 Å².